The van der Waals surface area contributed by atoms with E-state index in [9.17, 15) is 0 Å². The van der Waals surface area contributed by atoms with Crippen molar-refractivity contribution in [1.29, 1.82) is 0 Å². The Labute approximate surface area is 227 Å². The van der Waals surface area contributed by atoms with Crippen LogP contribution in [0.4, 0.5) is 0 Å². The van der Waals surface area contributed by atoms with Crippen molar-refractivity contribution in [2.45, 2.75) is 25.0 Å². The fourth-order valence-corrected chi connectivity index (χ4v) is 4.62. The Balaban J connectivity index is 1.17. The van der Waals surface area contributed by atoms with Crippen LogP contribution in [0.5, 0.6) is 17.2 Å². The largest absolute Gasteiger partial charge is 0.489 e. The molecule has 194 valence electrons. The quantitative estimate of drug-likeness (QED) is 0.223. The normalized spacial score (nSPS) is 18.6. The molecule has 0 N–H and O–H groups in total. The number of benzene rings is 4. The van der Waals surface area contributed by atoms with E-state index in [1.54, 1.807) is 6.33 Å². The summed E-state index contributed by atoms with van der Waals surface area (Å²) in [6.07, 6.45) is 3.85. The Hall–Kier alpha value is -4.91. The third-order valence-corrected chi connectivity index (χ3v) is 6.70. The van der Waals surface area contributed by atoms with Crippen LogP contribution < -0.4 is 9.47 Å². The molecule has 5 aromatic rings. The number of hydrogen-bond acceptors (Lipinski definition) is 6. The lowest BCUT2D eigenvalue weighted by Crippen LogP contribution is -2.43. The summed E-state index contributed by atoms with van der Waals surface area (Å²) in [6, 6.07) is 35.7. The minimum atomic E-state index is -0.658. The second kappa shape index (κ2) is 10.8. The van der Waals surface area contributed by atoms with Gasteiger partial charge < -0.3 is 14.3 Å². The lowest BCUT2D eigenvalue weighted by molar-refractivity contribution is -0.0788. The van der Waals surface area contributed by atoms with E-state index in [0.717, 1.165) is 34.1 Å². The average molecular weight is 517 g/mol. The Morgan fingerprint density at radius 3 is 2.08 bits per heavy atom. The summed E-state index contributed by atoms with van der Waals surface area (Å²) in [4.78, 5) is 10.2. The minimum absolute atomic E-state index is 0.170. The van der Waals surface area contributed by atoms with Crippen LogP contribution in [0.3, 0.4) is 0 Å². The van der Waals surface area contributed by atoms with E-state index in [0.29, 0.717) is 13.0 Å². The predicted octanol–water partition coefficient (Wildman–Crippen LogP) is 6.94. The Kier molecular flexibility index (Phi) is 6.78. The van der Waals surface area contributed by atoms with E-state index >= 15 is 0 Å². The molecule has 0 amide bonds. The molecule has 2 atom stereocenters. The standard InChI is InChI=1S/C32H28N4O3/c1-32(21-37-27-16-12-25(13-17-27)24-8-4-2-5-9-24)20-30(36-23-33-22-34-36)31(35-39-32)26-14-18-29(19-15-26)38-28-10-6-3-7-11-28/h2-19,22-23,30H,20-21H2,1H3. The molecule has 2 unspecified atom stereocenters. The molecule has 7 heteroatoms. The molecule has 1 aliphatic rings. The summed E-state index contributed by atoms with van der Waals surface area (Å²) in [5, 5.41) is 8.99. The van der Waals surface area contributed by atoms with Crippen molar-refractivity contribution in [2.24, 2.45) is 5.16 Å². The summed E-state index contributed by atoms with van der Waals surface area (Å²) in [5.41, 5.74) is 3.36. The van der Waals surface area contributed by atoms with Gasteiger partial charge in [0.25, 0.3) is 0 Å². The molecule has 2 heterocycles. The first-order valence-corrected chi connectivity index (χ1v) is 12.9. The highest BCUT2D eigenvalue weighted by Gasteiger charge is 2.40. The molecule has 0 radical (unpaired) electrons. The number of ether oxygens (including phenoxy) is 2. The van der Waals surface area contributed by atoms with E-state index in [1.807, 2.05) is 96.5 Å². The van der Waals surface area contributed by atoms with Crippen LogP contribution in [0.25, 0.3) is 11.1 Å². The molecule has 1 aliphatic heterocycles. The SMILES string of the molecule is CC1(COc2ccc(-c3ccccc3)cc2)CC(n2cncn2)C(c2ccc(Oc3ccccc3)cc2)=NO1. The molecule has 0 saturated heterocycles. The van der Waals surface area contributed by atoms with E-state index in [2.05, 4.69) is 39.5 Å². The number of rotatable bonds is 8. The van der Waals surface area contributed by atoms with Gasteiger partial charge in [-0.1, -0.05) is 65.8 Å². The molecule has 0 spiro atoms. The summed E-state index contributed by atoms with van der Waals surface area (Å²) in [5.74, 6) is 2.31. The second-order valence-electron chi connectivity index (χ2n) is 9.73. The van der Waals surface area contributed by atoms with Crippen LogP contribution in [-0.2, 0) is 4.84 Å². The first-order valence-electron chi connectivity index (χ1n) is 12.9. The van der Waals surface area contributed by atoms with Gasteiger partial charge in [0.05, 0.1) is 0 Å². The Morgan fingerprint density at radius 2 is 1.38 bits per heavy atom. The molecule has 0 saturated carbocycles. The van der Waals surface area contributed by atoms with E-state index in [-0.39, 0.29) is 6.04 Å². The van der Waals surface area contributed by atoms with Gasteiger partial charge in [-0.25, -0.2) is 9.67 Å². The van der Waals surface area contributed by atoms with Gasteiger partial charge in [-0.15, -0.1) is 0 Å². The van der Waals surface area contributed by atoms with Crippen molar-refractivity contribution in [1.82, 2.24) is 14.8 Å². The number of aromatic nitrogens is 3. The number of oxime groups is 1. The van der Waals surface area contributed by atoms with Gasteiger partial charge in [0.15, 0.2) is 5.60 Å². The van der Waals surface area contributed by atoms with Crippen LogP contribution in [0, 0.1) is 0 Å². The highest BCUT2D eigenvalue weighted by atomic mass is 16.7. The first kappa shape index (κ1) is 24.4. The van der Waals surface area contributed by atoms with Crippen molar-refractivity contribution < 1.29 is 14.3 Å². The molecule has 0 fully saturated rings. The molecule has 0 bridgehead atoms. The first-order chi connectivity index (χ1) is 19.2. The fraction of sp³-hybridized carbons (Fsp3) is 0.156. The zero-order chi connectivity index (χ0) is 26.5. The van der Waals surface area contributed by atoms with Crippen LogP contribution in [0.2, 0.25) is 0 Å². The highest BCUT2D eigenvalue weighted by molar-refractivity contribution is 6.03. The molecule has 1 aromatic heterocycles. The summed E-state index contributed by atoms with van der Waals surface area (Å²) in [6.45, 7) is 2.34. The van der Waals surface area contributed by atoms with Crippen LogP contribution in [-0.4, -0.2) is 32.7 Å². The molecular formula is C32H28N4O3. The van der Waals surface area contributed by atoms with Gasteiger partial charge in [0, 0.05) is 12.0 Å². The maximum absolute atomic E-state index is 6.16. The van der Waals surface area contributed by atoms with E-state index < -0.39 is 5.60 Å². The number of hydrogen-bond donors (Lipinski definition) is 0. The second-order valence-corrected chi connectivity index (χ2v) is 9.73. The molecule has 7 nitrogen and oxygen atoms in total. The monoisotopic (exact) mass is 516 g/mol. The number of para-hydroxylation sites is 1. The predicted molar refractivity (Wildman–Crippen MR) is 150 cm³/mol. The lowest BCUT2D eigenvalue weighted by atomic mass is 9.90. The van der Waals surface area contributed by atoms with Crippen molar-refractivity contribution in [3.8, 4) is 28.4 Å². The lowest BCUT2D eigenvalue weighted by Gasteiger charge is -2.35. The van der Waals surface area contributed by atoms with Gasteiger partial charge in [0.1, 0.15) is 48.3 Å². The van der Waals surface area contributed by atoms with Gasteiger partial charge >= 0.3 is 0 Å². The van der Waals surface area contributed by atoms with Gasteiger partial charge in [-0.3, -0.25) is 0 Å². The van der Waals surface area contributed by atoms with Crippen LogP contribution >= 0.6 is 0 Å². The molecule has 4 aromatic carbocycles. The van der Waals surface area contributed by atoms with Crippen molar-refractivity contribution >= 4 is 5.71 Å². The summed E-state index contributed by atoms with van der Waals surface area (Å²) >= 11 is 0. The Morgan fingerprint density at radius 1 is 0.769 bits per heavy atom. The van der Waals surface area contributed by atoms with Crippen LogP contribution in [0.15, 0.2) is 127 Å². The Bertz CT molecular complexity index is 1520. The molecule has 6 rings (SSSR count). The third-order valence-electron chi connectivity index (χ3n) is 6.70. The van der Waals surface area contributed by atoms with E-state index in [4.69, 9.17) is 14.3 Å². The van der Waals surface area contributed by atoms with Crippen LogP contribution in [0.1, 0.15) is 24.9 Å². The van der Waals surface area contributed by atoms with Gasteiger partial charge in [0.2, 0.25) is 0 Å². The molecule has 39 heavy (non-hydrogen) atoms. The summed E-state index contributed by atoms with van der Waals surface area (Å²) < 4.78 is 13.9. The number of nitrogens with zero attached hydrogens (tertiary/aromatic N) is 4. The fourth-order valence-electron chi connectivity index (χ4n) is 4.62. The minimum Gasteiger partial charge on any atom is -0.489 e. The van der Waals surface area contributed by atoms with Crippen molar-refractivity contribution in [2.75, 3.05) is 6.61 Å². The summed E-state index contributed by atoms with van der Waals surface area (Å²) in [7, 11) is 0. The van der Waals surface area contributed by atoms with E-state index in [1.165, 1.54) is 11.9 Å². The van der Waals surface area contributed by atoms with Gasteiger partial charge in [-0.05, 0) is 66.6 Å². The maximum Gasteiger partial charge on any atom is 0.171 e. The zero-order valence-corrected chi connectivity index (χ0v) is 21.6. The van der Waals surface area contributed by atoms with Gasteiger partial charge in [-0.2, -0.15) is 5.10 Å². The maximum atomic E-state index is 6.16. The average Bonchev–Trinajstić information content (AvgIpc) is 3.53. The molecular weight excluding hydrogens is 488 g/mol. The third kappa shape index (κ3) is 5.67. The molecule has 0 aliphatic carbocycles. The smallest absolute Gasteiger partial charge is 0.171 e. The highest BCUT2D eigenvalue weighted by Crippen LogP contribution is 2.34. The van der Waals surface area contributed by atoms with Crippen molar-refractivity contribution in [3.63, 3.8) is 0 Å². The topological polar surface area (TPSA) is 70.8 Å². The zero-order valence-electron chi connectivity index (χ0n) is 21.6. The van der Waals surface area contributed by atoms with Crippen molar-refractivity contribution in [3.05, 3.63) is 127 Å².